The number of hydrogen-bond donors (Lipinski definition) is 1. The molecule has 0 spiro atoms. The molecule has 1 amide bonds. The molecule has 6 heteroatoms. The minimum atomic E-state index is -0.0634. The van der Waals surface area contributed by atoms with Gasteiger partial charge >= 0.3 is 0 Å². The number of nitrogens with one attached hydrogen (secondary N) is 1. The Morgan fingerprint density at radius 3 is 2.63 bits per heavy atom. The Kier molecular flexibility index (Phi) is 4.85. The van der Waals surface area contributed by atoms with Crippen LogP contribution < -0.4 is 5.32 Å². The van der Waals surface area contributed by atoms with E-state index in [0.717, 1.165) is 10.8 Å². The first kappa shape index (κ1) is 13.5. The molecule has 0 saturated carbocycles. The zero-order valence-corrected chi connectivity index (χ0v) is 11.4. The van der Waals surface area contributed by atoms with Gasteiger partial charge in [-0.1, -0.05) is 18.7 Å². The third kappa shape index (κ3) is 4.33. The van der Waals surface area contributed by atoms with Crippen LogP contribution in [0.15, 0.2) is 41.7 Å². The lowest BCUT2D eigenvalue weighted by molar-refractivity contribution is -0.115. The quantitative estimate of drug-likeness (QED) is 0.848. The van der Waals surface area contributed by atoms with Crippen LogP contribution in [0.4, 0.5) is 5.82 Å². The molecule has 19 heavy (non-hydrogen) atoms. The maximum Gasteiger partial charge on any atom is 0.225 e. The smallest absolute Gasteiger partial charge is 0.225 e. The lowest BCUT2D eigenvalue weighted by Crippen LogP contribution is -2.11. The summed E-state index contributed by atoms with van der Waals surface area (Å²) in [5.74, 6) is 1.24. The molecule has 0 atom stereocenters. The highest BCUT2D eigenvalue weighted by Gasteiger charge is 2.02. The fourth-order valence-corrected chi connectivity index (χ4v) is 2.10. The minimum Gasteiger partial charge on any atom is -0.309 e. The molecule has 5 nitrogen and oxygen atoms in total. The normalized spacial score (nSPS) is 10.2. The number of nitrogens with zero attached hydrogens (tertiary/aromatic N) is 3. The predicted octanol–water partition coefficient (Wildman–Crippen LogP) is 2.51. The first-order chi connectivity index (χ1) is 9.28. The van der Waals surface area contributed by atoms with E-state index in [-0.39, 0.29) is 5.91 Å². The van der Waals surface area contributed by atoms with Gasteiger partial charge in [0.25, 0.3) is 0 Å². The number of carbonyl (C=O) groups is 1. The molecular weight excluding hydrogens is 260 g/mol. The fraction of sp³-hybridized carbons (Fsp3) is 0.231. The van der Waals surface area contributed by atoms with E-state index in [1.165, 1.54) is 5.56 Å². The van der Waals surface area contributed by atoms with E-state index in [0.29, 0.717) is 12.2 Å². The summed E-state index contributed by atoms with van der Waals surface area (Å²) in [6, 6.07) is 7.55. The molecule has 2 rings (SSSR count). The predicted molar refractivity (Wildman–Crippen MR) is 74.8 cm³/mol. The second kappa shape index (κ2) is 6.84. The molecule has 2 aromatic heterocycles. The van der Waals surface area contributed by atoms with Crippen molar-refractivity contribution in [2.45, 2.75) is 24.1 Å². The highest BCUT2D eigenvalue weighted by molar-refractivity contribution is 7.98. The van der Waals surface area contributed by atoms with Gasteiger partial charge in [0.05, 0.1) is 0 Å². The molecule has 98 valence electrons. The molecule has 2 aromatic rings. The van der Waals surface area contributed by atoms with E-state index in [1.54, 1.807) is 37.1 Å². The summed E-state index contributed by atoms with van der Waals surface area (Å²) in [5.41, 5.74) is 1.19. The second-order valence-electron chi connectivity index (χ2n) is 3.80. The van der Waals surface area contributed by atoms with E-state index >= 15 is 0 Å². The van der Waals surface area contributed by atoms with Gasteiger partial charge in [-0.05, 0) is 29.8 Å². The van der Waals surface area contributed by atoms with Crippen molar-refractivity contribution in [1.29, 1.82) is 0 Å². The lowest BCUT2D eigenvalue weighted by atomic mass is 10.3. The summed E-state index contributed by atoms with van der Waals surface area (Å²) >= 11 is 1.59. The Bertz CT molecular complexity index is 530. The SMILES string of the molecule is CCC(=O)Nc1ccc(SCc2ccncc2)nn1. The van der Waals surface area contributed by atoms with Gasteiger partial charge in [0.15, 0.2) is 5.82 Å². The lowest BCUT2D eigenvalue weighted by Gasteiger charge is -2.03. The molecule has 0 saturated heterocycles. The number of pyridine rings is 1. The zero-order valence-electron chi connectivity index (χ0n) is 10.5. The Balaban J connectivity index is 1.90. The molecule has 0 radical (unpaired) electrons. The van der Waals surface area contributed by atoms with Crippen LogP contribution in [0.3, 0.4) is 0 Å². The Morgan fingerprint density at radius 2 is 2.00 bits per heavy atom. The molecule has 0 unspecified atom stereocenters. The standard InChI is InChI=1S/C13H14N4OS/c1-2-12(18)15-11-3-4-13(17-16-11)19-9-10-5-7-14-8-6-10/h3-8H,2,9H2,1H3,(H,15,16,18). The average molecular weight is 274 g/mol. The van der Waals surface area contributed by atoms with Crippen molar-refractivity contribution in [3.8, 4) is 0 Å². The molecule has 0 aliphatic rings. The summed E-state index contributed by atoms with van der Waals surface area (Å²) in [6.45, 7) is 1.79. The molecule has 0 aromatic carbocycles. The summed E-state index contributed by atoms with van der Waals surface area (Å²) in [4.78, 5) is 15.2. The van der Waals surface area contributed by atoms with Crippen LogP contribution in [0.25, 0.3) is 0 Å². The number of anilines is 1. The highest BCUT2D eigenvalue weighted by atomic mass is 32.2. The second-order valence-corrected chi connectivity index (χ2v) is 4.80. The van der Waals surface area contributed by atoms with E-state index in [2.05, 4.69) is 20.5 Å². The van der Waals surface area contributed by atoms with Crippen molar-refractivity contribution in [2.75, 3.05) is 5.32 Å². The largest absolute Gasteiger partial charge is 0.309 e. The van der Waals surface area contributed by atoms with Crippen molar-refractivity contribution < 1.29 is 4.79 Å². The van der Waals surface area contributed by atoms with Crippen molar-refractivity contribution >= 4 is 23.5 Å². The van der Waals surface area contributed by atoms with Crippen LogP contribution in [0.1, 0.15) is 18.9 Å². The highest BCUT2D eigenvalue weighted by Crippen LogP contribution is 2.20. The van der Waals surface area contributed by atoms with E-state index in [1.807, 2.05) is 18.2 Å². The summed E-state index contributed by atoms with van der Waals surface area (Å²) < 4.78 is 0. The Hall–Kier alpha value is -1.95. The maximum atomic E-state index is 11.2. The summed E-state index contributed by atoms with van der Waals surface area (Å²) in [6.07, 6.45) is 3.97. The van der Waals surface area contributed by atoms with Gasteiger partial charge in [0, 0.05) is 24.6 Å². The molecular formula is C13H14N4OS. The van der Waals surface area contributed by atoms with Gasteiger partial charge in [-0.15, -0.1) is 10.2 Å². The van der Waals surface area contributed by atoms with Gasteiger partial charge in [-0.25, -0.2) is 0 Å². The van der Waals surface area contributed by atoms with E-state index in [9.17, 15) is 4.79 Å². The van der Waals surface area contributed by atoms with Crippen LogP contribution in [0.2, 0.25) is 0 Å². The first-order valence-corrected chi connectivity index (χ1v) is 6.92. The molecule has 0 aliphatic heterocycles. The van der Waals surface area contributed by atoms with Crippen LogP contribution >= 0.6 is 11.8 Å². The number of thioether (sulfide) groups is 1. The van der Waals surface area contributed by atoms with Gasteiger partial charge in [0.2, 0.25) is 5.91 Å². The van der Waals surface area contributed by atoms with E-state index in [4.69, 9.17) is 0 Å². The number of aromatic nitrogens is 3. The molecule has 2 heterocycles. The summed E-state index contributed by atoms with van der Waals surface area (Å²) in [5, 5.41) is 11.5. The number of amides is 1. The van der Waals surface area contributed by atoms with Crippen LogP contribution in [-0.2, 0) is 10.5 Å². The minimum absolute atomic E-state index is 0.0634. The van der Waals surface area contributed by atoms with Gasteiger partial charge in [-0.3, -0.25) is 9.78 Å². The first-order valence-electron chi connectivity index (χ1n) is 5.93. The van der Waals surface area contributed by atoms with E-state index < -0.39 is 0 Å². The fourth-order valence-electron chi connectivity index (χ4n) is 1.33. The van der Waals surface area contributed by atoms with Gasteiger partial charge in [-0.2, -0.15) is 0 Å². The Morgan fingerprint density at radius 1 is 1.21 bits per heavy atom. The number of hydrogen-bond acceptors (Lipinski definition) is 5. The van der Waals surface area contributed by atoms with Gasteiger partial charge in [0.1, 0.15) is 5.03 Å². The van der Waals surface area contributed by atoms with Gasteiger partial charge < -0.3 is 5.32 Å². The van der Waals surface area contributed by atoms with Crippen molar-refractivity contribution in [3.63, 3.8) is 0 Å². The maximum absolute atomic E-state index is 11.2. The monoisotopic (exact) mass is 274 g/mol. The molecule has 0 fully saturated rings. The van der Waals surface area contributed by atoms with Crippen LogP contribution in [0.5, 0.6) is 0 Å². The molecule has 0 bridgehead atoms. The zero-order chi connectivity index (χ0) is 13.5. The average Bonchev–Trinajstić information content (AvgIpc) is 2.47. The molecule has 0 aliphatic carbocycles. The van der Waals surface area contributed by atoms with Crippen molar-refractivity contribution in [2.24, 2.45) is 0 Å². The number of rotatable bonds is 5. The number of carbonyl (C=O) groups excluding carboxylic acids is 1. The topological polar surface area (TPSA) is 67.8 Å². The van der Waals surface area contributed by atoms with Crippen molar-refractivity contribution in [1.82, 2.24) is 15.2 Å². The van der Waals surface area contributed by atoms with Crippen LogP contribution in [-0.4, -0.2) is 21.1 Å². The molecule has 1 N–H and O–H groups in total. The third-order valence-corrected chi connectivity index (χ3v) is 3.36. The van der Waals surface area contributed by atoms with Crippen molar-refractivity contribution in [3.05, 3.63) is 42.2 Å². The summed E-state index contributed by atoms with van der Waals surface area (Å²) in [7, 11) is 0. The van der Waals surface area contributed by atoms with Crippen LogP contribution in [0, 0.1) is 0 Å². The third-order valence-electron chi connectivity index (χ3n) is 2.36. The Labute approximate surface area is 115 Å².